The molecule has 1 aromatic rings. The van der Waals surface area contributed by atoms with Gasteiger partial charge in [-0.05, 0) is 24.6 Å². The second-order valence-corrected chi connectivity index (χ2v) is 4.23. The van der Waals surface area contributed by atoms with Crippen LogP contribution in [0.25, 0.3) is 0 Å². The Kier molecular flexibility index (Phi) is 5.19. The Morgan fingerprint density at radius 3 is 2.93 bits per heavy atom. The molecule has 2 nitrogen and oxygen atoms in total. The minimum Gasteiger partial charge on any atom is -0.424 e. The van der Waals surface area contributed by atoms with Gasteiger partial charge in [-0.25, -0.2) is 0 Å². The number of benzene rings is 1. The fraction of sp³-hybridized carbons (Fsp3) is 0.400. The van der Waals surface area contributed by atoms with Gasteiger partial charge < -0.3 is 9.50 Å². The first-order valence-electron chi connectivity index (χ1n) is 4.52. The molecule has 0 bridgehead atoms. The van der Waals surface area contributed by atoms with Crippen LogP contribution < -0.4 is 9.50 Å². The first-order valence-corrected chi connectivity index (χ1v) is 6.46. The van der Waals surface area contributed by atoms with Gasteiger partial charge in [-0.15, -0.1) is 0 Å². The smallest absolute Gasteiger partial charge is 0.160 e. The summed E-state index contributed by atoms with van der Waals surface area (Å²) in [6.07, 6.45) is 3.01. The first kappa shape index (κ1) is 11.7. The van der Waals surface area contributed by atoms with Gasteiger partial charge in [0.05, 0.1) is 17.7 Å². The largest absolute Gasteiger partial charge is 0.424 e. The van der Waals surface area contributed by atoms with E-state index in [2.05, 4.69) is 28.2 Å². The number of rotatable bonds is 5. The number of halogens is 1. The summed E-state index contributed by atoms with van der Waals surface area (Å²) in [7, 11) is 0. The highest BCUT2D eigenvalue weighted by Gasteiger charge is 2.03. The van der Waals surface area contributed by atoms with Crippen molar-refractivity contribution in [1.82, 2.24) is 0 Å². The molecule has 0 aromatic heterocycles. The molecule has 0 heterocycles. The van der Waals surface area contributed by atoms with Crippen molar-refractivity contribution in [1.29, 1.82) is 0 Å². The maximum atomic E-state index is 5.42. The molecule has 78 valence electrons. The van der Waals surface area contributed by atoms with Crippen LogP contribution in [0.2, 0.25) is 0 Å². The van der Waals surface area contributed by atoms with Gasteiger partial charge in [0, 0.05) is 17.3 Å². The van der Waals surface area contributed by atoms with E-state index in [1.807, 2.05) is 24.5 Å². The number of anilines is 1. The van der Waals surface area contributed by atoms with Gasteiger partial charge in [-0.2, -0.15) is 0 Å². The topological polar surface area (TPSA) is 21.3 Å². The molecule has 0 saturated heterocycles. The van der Waals surface area contributed by atoms with E-state index in [0.29, 0.717) is 0 Å². The number of hydrogen-bond acceptors (Lipinski definition) is 3. The van der Waals surface area contributed by atoms with E-state index < -0.39 is 0 Å². The molecule has 0 unspecified atom stereocenters. The van der Waals surface area contributed by atoms with Gasteiger partial charge in [-0.3, -0.25) is 0 Å². The molecular formula is C10H14BrNOS. The molecule has 0 aliphatic rings. The molecule has 1 rings (SSSR count). The van der Waals surface area contributed by atoms with E-state index in [9.17, 15) is 0 Å². The second kappa shape index (κ2) is 6.19. The minimum atomic E-state index is 0.883. The van der Waals surface area contributed by atoms with E-state index >= 15 is 0 Å². The fourth-order valence-electron chi connectivity index (χ4n) is 1.06. The van der Waals surface area contributed by atoms with Gasteiger partial charge in [0.15, 0.2) is 5.75 Å². The summed E-state index contributed by atoms with van der Waals surface area (Å²) >= 11 is 4.79. The summed E-state index contributed by atoms with van der Waals surface area (Å²) in [5, 5.41) is 3.32. The third-order valence-electron chi connectivity index (χ3n) is 1.68. The molecule has 0 aliphatic carbocycles. The van der Waals surface area contributed by atoms with Crippen molar-refractivity contribution in [3.8, 4) is 5.75 Å². The highest BCUT2D eigenvalue weighted by atomic mass is 79.9. The van der Waals surface area contributed by atoms with E-state index in [1.165, 1.54) is 12.0 Å². The maximum absolute atomic E-state index is 5.42. The molecule has 4 heteroatoms. The third kappa shape index (κ3) is 3.42. The Balaban J connectivity index is 2.79. The van der Waals surface area contributed by atoms with Gasteiger partial charge >= 0.3 is 0 Å². The zero-order valence-corrected chi connectivity index (χ0v) is 10.7. The zero-order chi connectivity index (χ0) is 10.4. The van der Waals surface area contributed by atoms with Crippen LogP contribution in [0.1, 0.15) is 13.3 Å². The minimum absolute atomic E-state index is 0.883. The van der Waals surface area contributed by atoms with Crippen molar-refractivity contribution in [2.45, 2.75) is 13.3 Å². The van der Waals surface area contributed by atoms with E-state index in [1.54, 1.807) is 0 Å². The normalized spacial score (nSPS) is 9.93. The van der Waals surface area contributed by atoms with Crippen LogP contribution >= 0.6 is 28.0 Å². The Bertz CT molecular complexity index is 293. The van der Waals surface area contributed by atoms with Crippen molar-refractivity contribution in [2.75, 3.05) is 18.1 Å². The molecule has 1 aromatic carbocycles. The SMILES string of the molecule is CCCNc1cc(Br)ccc1OSC. The lowest BCUT2D eigenvalue weighted by Crippen LogP contribution is -2.01. The standard InChI is InChI=1S/C10H14BrNOS/c1-3-6-12-9-7-8(11)4-5-10(9)13-14-2/h4-5,7,12H,3,6H2,1-2H3. The lowest BCUT2D eigenvalue weighted by atomic mass is 10.3. The van der Waals surface area contributed by atoms with Crippen molar-refractivity contribution in [3.63, 3.8) is 0 Å². The molecule has 1 N–H and O–H groups in total. The van der Waals surface area contributed by atoms with E-state index in [0.717, 1.165) is 28.9 Å². The fourth-order valence-corrected chi connectivity index (χ4v) is 1.75. The average molecular weight is 276 g/mol. The summed E-state index contributed by atoms with van der Waals surface area (Å²) in [6, 6.07) is 5.96. The van der Waals surface area contributed by atoms with Gasteiger partial charge in [0.2, 0.25) is 0 Å². The summed E-state index contributed by atoms with van der Waals surface area (Å²) in [5.74, 6) is 0.883. The molecular weight excluding hydrogens is 262 g/mol. The van der Waals surface area contributed by atoms with Gasteiger partial charge in [0.25, 0.3) is 0 Å². The molecule has 0 fully saturated rings. The van der Waals surface area contributed by atoms with Crippen LogP contribution in [-0.2, 0) is 0 Å². The summed E-state index contributed by atoms with van der Waals surface area (Å²) in [4.78, 5) is 0. The van der Waals surface area contributed by atoms with Crippen molar-refractivity contribution in [3.05, 3.63) is 22.7 Å². The van der Waals surface area contributed by atoms with Crippen LogP contribution in [0, 0.1) is 0 Å². The zero-order valence-electron chi connectivity index (χ0n) is 8.34. The molecule has 0 atom stereocenters. The van der Waals surface area contributed by atoms with Crippen LogP contribution in [0.3, 0.4) is 0 Å². The molecule has 0 spiro atoms. The Morgan fingerprint density at radius 1 is 1.50 bits per heavy atom. The molecule has 0 radical (unpaired) electrons. The van der Waals surface area contributed by atoms with E-state index in [4.69, 9.17) is 4.18 Å². The average Bonchev–Trinajstić information content (AvgIpc) is 2.18. The number of hydrogen-bond donors (Lipinski definition) is 1. The molecule has 0 amide bonds. The lowest BCUT2D eigenvalue weighted by Gasteiger charge is -2.10. The van der Waals surface area contributed by atoms with Gasteiger partial charge in [-0.1, -0.05) is 22.9 Å². The predicted octanol–water partition coefficient (Wildman–Crippen LogP) is 3.93. The Morgan fingerprint density at radius 2 is 2.29 bits per heavy atom. The molecule has 14 heavy (non-hydrogen) atoms. The first-order chi connectivity index (χ1) is 6.77. The highest BCUT2D eigenvalue weighted by Crippen LogP contribution is 2.29. The predicted molar refractivity (Wildman–Crippen MR) is 67.1 cm³/mol. The third-order valence-corrected chi connectivity index (χ3v) is 2.52. The maximum Gasteiger partial charge on any atom is 0.160 e. The van der Waals surface area contributed by atoms with E-state index in [-0.39, 0.29) is 0 Å². The van der Waals surface area contributed by atoms with Crippen molar-refractivity contribution in [2.24, 2.45) is 0 Å². The monoisotopic (exact) mass is 275 g/mol. The van der Waals surface area contributed by atoms with Crippen LogP contribution in [0.5, 0.6) is 5.75 Å². The van der Waals surface area contributed by atoms with Crippen LogP contribution in [0.4, 0.5) is 5.69 Å². The Labute approximate surface area is 97.8 Å². The quantitative estimate of drug-likeness (QED) is 0.823. The van der Waals surface area contributed by atoms with Crippen molar-refractivity contribution >= 4 is 33.7 Å². The highest BCUT2D eigenvalue weighted by molar-refractivity contribution is 9.10. The second-order valence-electron chi connectivity index (χ2n) is 2.82. The van der Waals surface area contributed by atoms with Gasteiger partial charge in [0.1, 0.15) is 0 Å². The molecule has 0 saturated carbocycles. The molecule has 0 aliphatic heterocycles. The number of nitrogens with one attached hydrogen (secondary N) is 1. The summed E-state index contributed by atoms with van der Waals surface area (Å²) < 4.78 is 6.48. The summed E-state index contributed by atoms with van der Waals surface area (Å²) in [5.41, 5.74) is 1.04. The van der Waals surface area contributed by atoms with Crippen LogP contribution in [-0.4, -0.2) is 12.8 Å². The Hall–Kier alpha value is -0.350. The van der Waals surface area contributed by atoms with Crippen molar-refractivity contribution < 1.29 is 4.18 Å². The summed E-state index contributed by atoms with van der Waals surface area (Å²) in [6.45, 7) is 3.10. The lowest BCUT2D eigenvalue weighted by molar-refractivity contribution is 0.651. The van der Waals surface area contributed by atoms with Crippen LogP contribution in [0.15, 0.2) is 22.7 Å².